The van der Waals surface area contributed by atoms with Gasteiger partial charge < -0.3 is 37.6 Å². The first-order chi connectivity index (χ1) is 25.1. The van der Waals surface area contributed by atoms with E-state index in [1.54, 1.807) is 0 Å². The molecule has 3 saturated carbocycles. The number of anilines is 3. The van der Waals surface area contributed by atoms with Crippen molar-refractivity contribution in [2.75, 3.05) is 35.7 Å². The van der Waals surface area contributed by atoms with Crippen LogP contribution < -0.4 is 37.6 Å². The largest absolute Gasteiger partial charge is 0.393 e. The Labute approximate surface area is 303 Å². The Morgan fingerprint density at radius 2 is 1.85 bits per heavy atom. The molecule has 4 fully saturated rings. The average molecular weight is 703 g/mol. The maximum absolute atomic E-state index is 13.1. The number of nitrogens with zero attached hydrogens (tertiary/aromatic N) is 6. The fourth-order valence-corrected chi connectivity index (χ4v) is 7.30. The zero-order valence-corrected chi connectivity index (χ0v) is 29.7. The summed E-state index contributed by atoms with van der Waals surface area (Å²) >= 11 is 0. The van der Waals surface area contributed by atoms with E-state index in [4.69, 9.17) is 21.5 Å². The Morgan fingerprint density at radius 3 is 2.54 bits per heavy atom. The number of hydrogen-bond donors (Lipinski definition) is 6. The highest BCUT2D eigenvalue weighted by atomic mass is 16.2. The van der Waals surface area contributed by atoms with Crippen molar-refractivity contribution in [2.24, 2.45) is 17.4 Å². The Kier molecular flexibility index (Phi) is 8.53. The second-order valence-electron chi connectivity index (χ2n) is 14.9. The molecule has 2 aliphatic heterocycles. The van der Waals surface area contributed by atoms with Gasteiger partial charge in [0.25, 0.3) is 5.91 Å². The molecule has 0 bridgehead atoms. The van der Waals surface area contributed by atoms with E-state index in [1.165, 1.54) is 11.8 Å². The minimum Gasteiger partial charge on any atom is -0.393 e. The minimum atomic E-state index is -0.456. The van der Waals surface area contributed by atoms with E-state index >= 15 is 0 Å². The van der Waals surface area contributed by atoms with Gasteiger partial charge in [-0.3, -0.25) is 19.2 Å². The molecule has 4 heterocycles. The topological polar surface area (TPSA) is 195 Å². The number of amides is 2. The van der Waals surface area contributed by atoms with Crippen molar-refractivity contribution < 1.29 is 9.59 Å². The summed E-state index contributed by atoms with van der Waals surface area (Å²) in [6.45, 7) is 4.61. The average Bonchev–Trinajstić information content (AvgIpc) is 4.00. The van der Waals surface area contributed by atoms with Crippen molar-refractivity contribution in [3.8, 4) is 17.2 Å². The molecule has 5 aliphatic rings. The van der Waals surface area contributed by atoms with Gasteiger partial charge in [-0.1, -0.05) is 25.1 Å². The number of allylic oxidation sites excluding steroid dienone is 1. The lowest BCUT2D eigenvalue weighted by Crippen LogP contribution is -2.48. The summed E-state index contributed by atoms with van der Waals surface area (Å²) in [4.78, 5) is 35.0. The molecule has 0 spiro atoms. The molecular formula is C38H46N12O2. The molecule has 1 atom stereocenters. The molecule has 8 N–H and O–H groups in total. The van der Waals surface area contributed by atoms with Gasteiger partial charge in [0.2, 0.25) is 5.91 Å². The summed E-state index contributed by atoms with van der Waals surface area (Å²) in [5.41, 5.74) is 18.6. The lowest BCUT2D eigenvalue weighted by Gasteiger charge is -2.43. The van der Waals surface area contributed by atoms with Crippen molar-refractivity contribution in [3.05, 3.63) is 77.3 Å². The summed E-state index contributed by atoms with van der Waals surface area (Å²) in [5.74, 6) is 0.343. The number of carbonyl (C=O) groups is 2. The number of nitriles is 1. The van der Waals surface area contributed by atoms with E-state index in [-0.39, 0.29) is 47.4 Å². The number of fused-ring (bicyclic) bond motifs is 3. The zero-order valence-electron chi connectivity index (χ0n) is 29.7. The molecule has 8 rings (SSSR count). The van der Waals surface area contributed by atoms with E-state index in [9.17, 15) is 14.9 Å². The monoisotopic (exact) mass is 702 g/mol. The Morgan fingerprint density at radius 1 is 1.08 bits per heavy atom. The van der Waals surface area contributed by atoms with Gasteiger partial charge in [-0.2, -0.15) is 10.4 Å². The van der Waals surface area contributed by atoms with Crippen molar-refractivity contribution in [1.82, 2.24) is 30.3 Å². The van der Waals surface area contributed by atoms with Crippen molar-refractivity contribution in [2.45, 2.75) is 82.1 Å². The molecule has 52 heavy (non-hydrogen) atoms. The highest BCUT2D eigenvalue weighted by molar-refractivity contribution is 5.96. The first-order valence-electron chi connectivity index (χ1n) is 18.3. The molecule has 0 radical (unpaired) electrons. The van der Waals surface area contributed by atoms with Gasteiger partial charge in [0.1, 0.15) is 22.9 Å². The van der Waals surface area contributed by atoms with Gasteiger partial charge in [0.05, 0.1) is 52.8 Å². The van der Waals surface area contributed by atoms with E-state index in [0.717, 1.165) is 98.6 Å². The first-order valence-corrected chi connectivity index (χ1v) is 18.3. The molecule has 3 aromatic rings. The lowest BCUT2D eigenvalue weighted by atomic mass is 9.91. The highest BCUT2D eigenvalue weighted by Gasteiger charge is 2.44. The van der Waals surface area contributed by atoms with Crippen LogP contribution in [0, 0.1) is 17.2 Å². The van der Waals surface area contributed by atoms with Crippen LogP contribution in [-0.4, -0.2) is 63.2 Å². The zero-order chi connectivity index (χ0) is 36.1. The fraction of sp³-hybridized carbons (Fsp3) is 0.447. The summed E-state index contributed by atoms with van der Waals surface area (Å²) in [7, 11) is 2.09. The van der Waals surface area contributed by atoms with E-state index in [2.05, 4.69) is 61.9 Å². The van der Waals surface area contributed by atoms with Crippen LogP contribution in [0.3, 0.4) is 0 Å². The number of pyridine rings is 1. The maximum Gasteiger partial charge on any atom is 0.269 e. The standard InChI is InChI=1S/C38H46N12O2/c1-3-30-35-27(17-42-50(35)25-19-49(20-25)18-24-6-4-9-32(43-24)47-38(21-39)14-15-38)26-7-5-8-28(34(26)48(30)2)45-29(33(41)37(52)44-23-12-13-23)16-31(40)46-36(51)22-10-11-22/h4-9,16-17,22-23,25,30,45H,3,10-15,18-20,40-41H2,1-2H3,(H,43,47)(H,44,52)(H,46,51)/b31-16+,33-29+. The van der Waals surface area contributed by atoms with Crippen LogP contribution in [0.15, 0.2) is 65.9 Å². The summed E-state index contributed by atoms with van der Waals surface area (Å²) in [6.07, 6.45) is 9.60. The van der Waals surface area contributed by atoms with Gasteiger partial charge in [-0.25, -0.2) is 4.98 Å². The Bertz CT molecular complexity index is 2010. The van der Waals surface area contributed by atoms with Gasteiger partial charge in [0.15, 0.2) is 0 Å². The van der Waals surface area contributed by atoms with Crippen LogP contribution in [0.1, 0.15) is 75.3 Å². The maximum atomic E-state index is 13.1. The number of aromatic nitrogens is 3. The number of hydrogen-bond acceptors (Lipinski definition) is 11. The predicted octanol–water partition coefficient (Wildman–Crippen LogP) is 3.56. The quantitative estimate of drug-likeness (QED) is 0.113. The normalized spacial score (nSPS) is 21.1. The fourth-order valence-electron chi connectivity index (χ4n) is 7.30. The van der Waals surface area contributed by atoms with E-state index < -0.39 is 5.54 Å². The smallest absolute Gasteiger partial charge is 0.269 e. The molecule has 1 saturated heterocycles. The van der Waals surface area contributed by atoms with Crippen LogP contribution in [0.4, 0.5) is 17.2 Å². The second-order valence-corrected chi connectivity index (χ2v) is 14.9. The molecule has 1 aromatic carbocycles. The third-order valence-corrected chi connectivity index (χ3v) is 10.7. The SMILES string of the molecule is CCC1c2c(cnn2C2CN(Cc3cccc(NC4(C#N)CC4)n3)C2)-c2cccc(NC(/C=C(\N)NC(=O)C3CC3)=C(/N)C(=O)NC3CC3)c2N1C. The van der Waals surface area contributed by atoms with Crippen molar-refractivity contribution in [3.63, 3.8) is 0 Å². The predicted molar refractivity (Wildman–Crippen MR) is 198 cm³/mol. The van der Waals surface area contributed by atoms with E-state index in [0.29, 0.717) is 5.70 Å². The van der Waals surface area contributed by atoms with Crippen molar-refractivity contribution in [1.29, 1.82) is 5.26 Å². The molecule has 2 amide bonds. The number of nitrogens with one attached hydrogen (secondary N) is 4. The number of para-hydroxylation sites is 1. The number of nitrogens with two attached hydrogens (primary N) is 2. The molecule has 3 aliphatic carbocycles. The van der Waals surface area contributed by atoms with Gasteiger partial charge in [-0.15, -0.1) is 0 Å². The summed E-state index contributed by atoms with van der Waals surface area (Å²) < 4.78 is 2.20. The van der Waals surface area contributed by atoms with Gasteiger partial charge in [0, 0.05) is 55.8 Å². The molecule has 14 nitrogen and oxygen atoms in total. The molecule has 1 unspecified atom stereocenters. The Balaban J connectivity index is 1.03. The third-order valence-electron chi connectivity index (χ3n) is 10.7. The van der Waals surface area contributed by atoms with Crippen LogP contribution in [0.25, 0.3) is 11.1 Å². The number of likely N-dealkylation sites (tertiary alicyclic amines) is 1. The van der Waals surface area contributed by atoms with Gasteiger partial charge in [-0.05, 0) is 63.1 Å². The second kappa shape index (κ2) is 13.2. The molecule has 270 valence electrons. The molecule has 14 heteroatoms. The van der Waals surface area contributed by atoms with E-state index in [1.807, 2.05) is 36.5 Å². The number of rotatable bonds is 13. The Hall–Kier alpha value is -5.55. The number of carbonyl (C=O) groups excluding carboxylic acids is 2. The first kappa shape index (κ1) is 33.6. The molecule has 2 aromatic heterocycles. The summed E-state index contributed by atoms with van der Waals surface area (Å²) in [6, 6.07) is 14.8. The summed E-state index contributed by atoms with van der Waals surface area (Å²) in [5, 5.41) is 26.9. The van der Waals surface area contributed by atoms with Crippen LogP contribution in [-0.2, 0) is 16.1 Å². The van der Waals surface area contributed by atoms with Gasteiger partial charge >= 0.3 is 0 Å². The van der Waals surface area contributed by atoms with Crippen LogP contribution in [0.2, 0.25) is 0 Å². The van der Waals surface area contributed by atoms with Crippen molar-refractivity contribution >= 4 is 29.0 Å². The lowest BCUT2D eigenvalue weighted by molar-refractivity contribution is -0.121. The van der Waals surface area contributed by atoms with Crippen LogP contribution >= 0.6 is 0 Å². The molecular weight excluding hydrogens is 656 g/mol. The third kappa shape index (κ3) is 6.64. The minimum absolute atomic E-state index is 0.00568. The highest BCUT2D eigenvalue weighted by Crippen LogP contribution is 2.49. The number of benzene rings is 1. The van der Waals surface area contributed by atoms with Crippen LogP contribution in [0.5, 0.6) is 0 Å².